The number of rotatable bonds is 40. The van der Waals surface area contributed by atoms with E-state index in [1.165, 1.54) is 103 Å². The van der Waals surface area contributed by atoms with Crippen molar-refractivity contribution >= 4 is 17.9 Å². The van der Waals surface area contributed by atoms with Gasteiger partial charge in [0.2, 0.25) is 0 Å². The maximum absolute atomic E-state index is 12.4. The van der Waals surface area contributed by atoms with Gasteiger partial charge in [0.05, 0.1) is 13.2 Å². The molecular weight excluding hydrogens is 650 g/mol. The minimum absolute atomic E-state index is 0.0529. The Labute approximate surface area is 322 Å². The number of nitrogens with two attached hydrogens (primary N) is 1. The predicted molar refractivity (Wildman–Crippen MR) is 218 cm³/mol. The quantitative estimate of drug-likeness (QED) is 0.0379. The fourth-order valence-corrected chi connectivity index (χ4v) is 7.16. The Morgan fingerprint density at radius 1 is 0.404 bits per heavy atom. The second-order valence-electron chi connectivity index (χ2n) is 15.6. The Morgan fingerprint density at radius 2 is 0.750 bits per heavy atom. The van der Waals surface area contributed by atoms with Gasteiger partial charge in [0.15, 0.2) is 0 Å². The molecule has 0 bridgehead atoms. The van der Waals surface area contributed by atoms with Crippen LogP contribution in [0.2, 0.25) is 0 Å². The summed E-state index contributed by atoms with van der Waals surface area (Å²) in [7, 11) is 0. The molecule has 7 heteroatoms. The van der Waals surface area contributed by atoms with Crippen LogP contribution >= 0.6 is 0 Å². The molecular formula is C45H87NO6. The highest BCUT2D eigenvalue weighted by Crippen LogP contribution is 2.23. The lowest BCUT2D eigenvalue weighted by atomic mass is 9.92. The van der Waals surface area contributed by atoms with Crippen LogP contribution in [0.5, 0.6) is 0 Å². The summed E-state index contributed by atoms with van der Waals surface area (Å²) in [5.41, 5.74) is 5.60. The van der Waals surface area contributed by atoms with Gasteiger partial charge in [-0.1, -0.05) is 156 Å². The largest absolute Gasteiger partial charge is 0.466 e. The van der Waals surface area contributed by atoms with Crippen LogP contribution in [0.4, 0.5) is 0 Å². The van der Waals surface area contributed by atoms with Crippen molar-refractivity contribution in [3.05, 3.63) is 0 Å². The fourth-order valence-electron chi connectivity index (χ4n) is 7.16. The molecule has 0 radical (unpaired) electrons. The molecule has 1 unspecified atom stereocenters. The van der Waals surface area contributed by atoms with Gasteiger partial charge in [-0.15, -0.1) is 0 Å². The molecule has 7 nitrogen and oxygen atoms in total. The number of ether oxygens (including phenoxy) is 3. The molecule has 0 fully saturated rings. The summed E-state index contributed by atoms with van der Waals surface area (Å²) in [6, 6.07) is 0. The van der Waals surface area contributed by atoms with E-state index >= 15 is 0 Å². The van der Waals surface area contributed by atoms with Crippen LogP contribution in [0.1, 0.15) is 233 Å². The minimum atomic E-state index is -0.159. The first-order valence-corrected chi connectivity index (χ1v) is 22.6. The molecule has 52 heavy (non-hydrogen) atoms. The first kappa shape index (κ1) is 50.4. The standard InChI is InChI=1S/C45H87NO6/c1-5-9-17-26-40(27-18-10-6-2)35-38-50-43(47)32-23-15-13-14-21-30-42(52-45(49)34-25-37-46)31-22-16-24-33-44(48)51-39-36-41(28-19-11-7-3)29-20-12-8-4/h40-42H,5-39,46H2,1-4H3. The molecule has 0 saturated carbocycles. The topological polar surface area (TPSA) is 105 Å². The molecule has 0 rings (SSSR count). The SMILES string of the molecule is CCCCCC(CCCCC)CCOC(=O)CCCCCCCC(CCCCCC(=O)OCCC(CCCCC)CCCCC)OC(=O)CCCN. The Kier molecular flexibility index (Phi) is 37.8. The van der Waals surface area contributed by atoms with Gasteiger partial charge in [0.1, 0.15) is 6.10 Å². The Hall–Kier alpha value is -1.63. The van der Waals surface area contributed by atoms with E-state index < -0.39 is 0 Å². The van der Waals surface area contributed by atoms with E-state index in [0.717, 1.165) is 77.0 Å². The maximum atomic E-state index is 12.4. The zero-order valence-corrected chi connectivity index (χ0v) is 35.0. The predicted octanol–water partition coefficient (Wildman–Crippen LogP) is 12.7. The van der Waals surface area contributed by atoms with Crippen LogP contribution in [-0.4, -0.2) is 43.8 Å². The summed E-state index contributed by atoms with van der Waals surface area (Å²) in [6.07, 6.45) is 33.6. The third kappa shape index (κ3) is 34.2. The van der Waals surface area contributed by atoms with E-state index in [2.05, 4.69) is 27.7 Å². The molecule has 0 saturated heterocycles. The van der Waals surface area contributed by atoms with E-state index in [4.69, 9.17) is 19.9 Å². The first-order valence-electron chi connectivity index (χ1n) is 22.6. The van der Waals surface area contributed by atoms with Crippen molar-refractivity contribution in [2.75, 3.05) is 19.8 Å². The third-order valence-corrected chi connectivity index (χ3v) is 10.6. The Morgan fingerprint density at radius 3 is 1.15 bits per heavy atom. The van der Waals surface area contributed by atoms with Crippen molar-refractivity contribution in [2.45, 2.75) is 239 Å². The Bertz CT molecular complexity index is 785. The summed E-state index contributed by atoms with van der Waals surface area (Å²) >= 11 is 0. The first-order chi connectivity index (χ1) is 25.4. The highest BCUT2D eigenvalue weighted by molar-refractivity contribution is 5.70. The van der Waals surface area contributed by atoms with Crippen molar-refractivity contribution in [2.24, 2.45) is 17.6 Å². The van der Waals surface area contributed by atoms with Gasteiger partial charge >= 0.3 is 17.9 Å². The van der Waals surface area contributed by atoms with Gasteiger partial charge in [-0.25, -0.2) is 0 Å². The number of hydrogen-bond donors (Lipinski definition) is 1. The molecule has 0 aliphatic carbocycles. The third-order valence-electron chi connectivity index (χ3n) is 10.6. The lowest BCUT2D eigenvalue weighted by molar-refractivity contribution is -0.150. The molecule has 0 amide bonds. The van der Waals surface area contributed by atoms with Gasteiger partial charge in [0.25, 0.3) is 0 Å². The van der Waals surface area contributed by atoms with Crippen LogP contribution in [0, 0.1) is 11.8 Å². The maximum Gasteiger partial charge on any atom is 0.306 e. The van der Waals surface area contributed by atoms with Crippen molar-refractivity contribution in [3.8, 4) is 0 Å². The average Bonchev–Trinajstić information content (AvgIpc) is 3.13. The van der Waals surface area contributed by atoms with Crippen LogP contribution in [0.25, 0.3) is 0 Å². The van der Waals surface area contributed by atoms with Gasteiger partial charge in [0, 0.05) is 19.3 Å². The van der Waals surface area contributed by atoms with Gasteiger partial charge in [-0.05, 0) is 76.2 Å². The van der Waals surface area contributed by atoms with Gasteiger partial charge in [-0.2, -0.15) is 0 Å². The summed E-state index contributed by atoms with van der Waals surface area (Å²) < 4.78 is 17.1. The summed E-state index contributed by atoms with van der Waals surface area (Å²) in [5.74, 6) is 1.07. The lowest BCUT2D eigenvalue weighted by Gasteiger charge is -2.18. The van der Waals surface area contributed by atoms with E-state index in [0.29, 0.717) is 57.3 Å². The number of carbonyl (C=O) groups excluding carboxylic acids is 3. The average molecular weight is 738 g/mol. The highest BCUT2D eigenvalue weighted by Gasteiger charge is 2.16. The van der Waals surface area contributed by atoms with Crippen molar-refractivity contribution in [1.29, 1.82) is 0 Å². The normalized spacial score (nSPS) is 12.1. The number of unbranched alkanes of at least 4 members (excludes halogenated alkanes) is 14. The zero-order chi connectivity index (χ0) is 38.3. The molecule has 0 aromatic carbocycles. The van der Waals surface area contributed by atoms with Crippen molar-refractivity contribution < 1.29 is 28.6 Å². The van der Waals surface area contributed by atoms with E-state index in [-0.39, 0.29) is 24.0 Å². The molecule has 1 atom stereocenters. The minimum Gasteiger partial charge on any atom is -0.466 e. The fraction of sp³-hybridized carbons (Fsp3) is 0.933. The monoisotopic (exact) mass is 738 g/mol. The molecule has 0 heterocycles. The van der Waals surface area contributed by atoms with Gasteiger partial charge < -0.3 is 19.9 Å². The smallest absolute Gasteiger partial charge is 0.306 e. The molecule has 0 aliphatic heterocycles. The second kappa shape index (κ2) is 39.1. The van der Waals surface area contributed by atoms with E-state index in [1.807, 2.05) is 0 Å². The van der Waals surface area contributed by atoms with E-state index in [1.54, 1.807) is 0 Å². The summed E-state index contributed by atoms with van der Waals surface area (Å²) in [6.45, 7) is 10.6. The van der Waals surface area contributed by atoms with Crippen molar-refractivity contribution in [1.82, 2.24) is 0 Å². The molecule has 308 valence electrons. The van der Waals surface area contributed by atoms with Gasteiger partial charge in [-0.3, -0.25) is 14.4 Å². The zero-order valence-electron chi connectivity index (χ0n) is 35.0. The number of esters is 3. The van der Waals surface area contributed by atoms with E-state index in [9.17, 15) is 14.4 Å². The van der Waals surface area contributed by atoms with Crippen LogP contribution in [-0.2, 0) is 28.6 Å². The molecule has 2 N–H and O–H groups in total. The number of carbonyl (C=O) groups is 3. The van der Waals surface area contributed by atoms with Crippen LogP contribution in [0.15, 0.2) is 0 Å². The molecule has 0 aromatic heterocycles. The highest BCUT2D eigenvalue weighted by atomic mass is 16.5. The number of hydrogen-bond acceptors (Lipinski definition) is 7. The summed E-state index contributed by atoms with van der Waals surface area (Å²) in [5, 5.41) is 0. The molecule has 0 aromatic rings. The van der Waals surface area contributed by atoms with Crippen LogP contribution < -0.4 is 5.73 Å². The van der Waals surface area contributed by atoms with Crippen molar-refractivity contribution in [3.63, 3.8) is 0 Å². The second-order valence-corrected chi connectivity index (χ2v) is 15.6. The lowest BCUT2D eigenvalue weighted by Crippen LogP contribution is -2.19. The summed E-state index contributed by atoms with van der Waals surface area (Å²) in [4.78, 5) is 37.1. The molecule has 0 spiro atoms. The Balaban J connectivity index is 4.29. The molecule has 0 aliphatic rings. The van der Waals surface area contributed by atoms with Crippen LogP contribution in [0.3, 0.4) is 0 Å².